The number of Topliss-reactive ketones (excluding diaryl/α,β-unsaturated/α-hetero) is 1. The molecule has 0 aromatic carbocycles. The van der Waals surface area contributed by atoms with E-state index in [1.807, 2.05) is 0 Å². The third kappa shape index (κ3) is 2.36. The van der Waals surface area contributed by atoms with Crippen LogP contribution in [0, 0.1) is 34.0 Å². The van der Waals surface area contributed by atoms with E-state index in [-0.39, 0.29) is 34.7 Å². The Morgan fingerprint density at radius 1 is 1.15 bits per heavy atom. The molecule has 4 nitrogen and oxygen atoms in total. The number of hydrogen-bond donors (Lipinski definition) is 1. The van der Waals surface area contributed by atoms with E-state index in [9.17, 15) is 14.7 Å². The van der Waals surface area contributed by atoms with Gasteiger partial charge in [-0.05, 0) is 73.5 Å². The molecule has 26 heavy (non-hydrogen) atoms. The second-order valence-electron chi connectivity index (χ2n) is 10.7. The minimum atomic E-state index is -0.858. The summed E-state index contributed by atoms with van der Waals surface area (Å²) < 4.78 is 5.26. The molecular formula is C22H34O4. The zero-order valence-electron chi connectivity index (χ0n) is 16.8. The average Bonchev–Trinajstić information content (AvgIpc) is 2.76. The van der Waals surface area contributed by atoms with Crippen LogP contribution in [0.15, 0.2) is 0 Å². The van der Waals surface area contributed by atoms with Gasteiger partial charge >= 0.3 is 5.97 Å². The molecule has 4 fully saturated rings. The van der Waals surface area contributed by atoms with Crippen molar-refractivity contribution in [2.24, 2.45) is 34.0 Å². The molecule has 4 heteroatoms. The van der Waals surface area contributed by atoms with E-state index in [1.54, 1.807) is 0 Å². The third-order valence-corrected chi connectivity index (χ3v) is 9.14. The van der Waals surface area contributed by atoms with Gasteiger partial charge in [-0.25, -0.2) is 0 Å². The second-order valence-corrected chi connectivity index (χ2v) is 10.7. The summed E-state index contributed by atoms with van der Waals surface area (Å²) in [6.07, 6.45) is 7.87. The molecule has 0 aromatic heterocycles. The highest BCUT2D eigenvalue weighted by molar-refractivity contribution is 5.85. The van der Waals surface area contributed by atoms with E-state index < -0.39 is 5.60 Å². The van der Waals surface area contributed by atoms with Gasteiger partial charge in [-0.2, -0.15) is 0 Å². The summed E-state index contributed by atoms with van der Waals surface area (Å²) in [5.41, 5.74) is -0.728. The number of carbonyl (C=O) groups is 2. The minimum Gasteiger partial charge on any atom is -0.463 e. The molecule has 1 unspecified atom stereocenters. The Balaban J connectivity index is 1.64. The lowest BCUT2D eigenvalue weighted by Crippen LogP contribution is -2.58. The van der Waals surface area contributed by atoms with Crippen LogP contribution in [0.3, 0.4) is 0 Å². The fourth-order valence-corrected chi connectivity index (χ4v) is 8.04. The molecule has 0 saturated heterocycles. The Labute approximate surface area is 157 Å². The summed E-state index contributed by atoms with van der Waals surface area (Å²) in [5, 5.41) is 11.3. The number of ether oxygens (including phenoxy) is 1. The largest absolute Gasteiger partial charge is 0.463 e. The van der Waals surface area contributed by atoms with E-state index in [0.29, 0.717) is 24.0 Å². The Morgan fingerprint density at radius 2 is 1.88 bits per heavy atom. The van der Waals surface area contributed by atoms with Crippen molar-refractivity contribution in [3.8, 4) is 0 Å². The van der Waals surface area contributed by atoms with Crippen LogP contribution in [0.4, 0.5) is 0 Å². The highest BCUT2D eigenvalue weighted by Crippen LogP contribution is 2.72. The number of hydrogen-bond acceptors (Lipinski definition) is 4. The molecule has 6 atom stereocenters. The van der Waals surface area contributed by atoms with Crippen molar-refractivity contribution in [2.45, 2.75) is 84.7 Å². The number of carbonyl (C=O) groups excluding carboxylic acids is 2. The first-order valence-electron chi connectivity index (χ1n) is 10.4. The zero-order valence-corrected chi connectivity index (χ0v) is 16.8. The quantitative estimate of drug-likeness (QED) is 0.757. The van der Waals surface area contributed by atoms with Crippen LogP contribution in [-0.4, -0.2) is 29.1 Å². The van der Waals surface area contributed by atoms with E-state index >= 15 is 0 Å². The average molecular weight is 363 g/mol. The highest BCUT2D eigenvalue weighted by atomic mass is 16.5. The lowest BCUT2D eigenvalue weighted by Gasteiger charge is -2.63. The molecule has 1 spiro atoms. The van der Waals surface area contributed by atoms with E-state index in [1.165, 1.54) is 6.92 Å². The standard InChI is InChI=1S/C22H34O4/c1-14(23)26-13-22(25)12-21-10-7-16-19(2,3)18(24)8-9-20(16,4)17(21)6-5-15(22)11-21/h15-17,25H,5-13H2,1-4H3/t15-,16?,17-,20+,21-,22+/m0/s1. The molecule has 4 aliphatic carbocycles. The van der Waals surface area contributed by atoms with Gasteiger partial charge in [0.2, 0.25) is 0 Å². The number of ketones is 1. The Morgan fingerprint density at radius 3 is 2.58 bits per heavy atom. The van der Waals surface area contributed by atoms with Crippen molar-refractivity contribution in [3.63, 3.8) is 0 Å². The molecule has 1 N–H and O–H groups in total. The first-order chi connectivity index (χ1) is 12.0. The maximum Gasteiger partial charge on any atom is 0.302 e. The van der Waals surface area contributed by atoms with Crippen molar-refractivity contribution in [2.75, 3.05) is 6.61 Å². The smallest absolute Gasteiger partial charge is 0.302 e. The molecule has 0 heterocycles. The van der Waals surface area contributed by atoms with E-state index in [4.69, 9.17) is 4.74 Å². The second kappa shape index (κ2) is 5.56. The molecular weight excluding hydrogens is 328 g/mol. The van der Waals surface area contributed by atoms with Crippen LogP contribution >= 0.6 is 0 Å². The normalized spacial score (nSPS) is 49.3. The van der Waals surface area contributed by atoms with Crippen molar-refractivity contribution < 1.29 is 19.4 Å². The molecule has 4 saturated carbocycles. The van der Waals surface area contributed by atoms with Gasteiger partial charge in [0.1, 0.15) is 18.0 Å². The van der Waals surface area contributed by atoms with Crippen molar-refractivity contribution in [1.82, 2.24) is 0 Å². The zero-order chi connectivity index (χ0) is 19.0. The summed E-state index contributed by atoms with van der Waals surface area (Å²) in [6, 6.07) is 0. The fourth-order valence-electron chi connectivity index (χ4n) is 8.04. The van der Waals surface area contributed by atoms with Crippen molar-refractivity contribution in [3.05, 3.63) is 0 Å². The Bertz CT molecular complexity index is 640. The van der Waals surface area contributed by atoms with Gasteiger partial charge in [-0.3, -0.25) is 9.59 Å². The predicted octanol–water partition coefficient (Wildman–Crippen LogP) is 3.89. The summed E-state index contributed by atoms with van der Waals surface area (Å²) in [6.45, 7) is 8.31. The molecule has 0 amide bonds. The van der Waals surface area contributed by atoms with Gasteiger partial charge in [0.15, 0.2) is 0 Å². The number of fused-ring (bicyclic) bond motifs is 3. The topological polar surface area (TPSA) is 63.6 Å². The number of rotatable bonds is 2. The van der Waals surface area contributed by atoms with Gasteiger partial charge in [-0.15, -0.1) is 0 Å². The van der Waals surface area contributed by atoms with Gasteiger partial charge in [-0.1, -0.05) is 20.8 Å². The lowest BCUT2D eigenvalue weighted by molar-refractivity contribution is -0.165. The van der Waals surface area contributed by atoms with Crippen LogP contribution in [0.25, 0.3) is 0 Å². The molecule has 4 rings (SSSR count). The lowest BCUT2D eigenvalue weighted by atomic mass is 9.41. The molecule has 0 aromatic rings. The van der Waals surface area contributed by atoms with Crippen LogP contribution in [-0.2, 0) is 14.3 Å². The summed E-state index contributed by atoms with van der Waals surface area (Å²) in [7, 11) is 0. The fraction of sp³-hybridized carbons (Fsp3) is 0.909. The first-order valence-corrected chi connectivity index (χ1v) is 10.4. The predicted molar refractivity (Wildman–Crippen MR) is 98.3 cm³/mol. The first kappa shape index (κ1) is 18.5. The van der Waals surface area contributed by atoms with Gasteiger partial charge in [0.25, 0.3) is 0 Å². The van der Waals surface area contributed by atoms with Crippen molar-refractivity contribution in [1.29, 1.82) is 0 Å². The maximum absolute atomic E-state index is 12.6. The summed E-state index contributed by atoms with van der Waals surface area (Å²) in [5.74, 6) is 1.39. The van der Waals surface area contributed by atoms with Crippen LogP contribution in [0.2, 0.25) is 0 Å². The Kier molecular flexibility index (Phi) is 3.95. The SMILES string of the molecule is CC(=O)OC[C@]1(O)C[C@@]23CCC4C(C)(C)C(=O)CC[C@@]4(C)[C@@H]2CC[C@H]1C3. The van der Waals surface area contributed by atoms with Crippen LogP contribution < -0.4 is 0 Å². The minimum absolute atomic E-state index is 0.144. The molecule has 0 radical (unpaired) electrons. The van der Waals surface area contributed by atoms with E-state index in [2.05, 4.69) is 20.8 Å². The third-order valence-electron chi connectivity index (χ3n) is 9.14. The summed E-state index contributed by atoms with van der Waals surface area (Å²) in [4.78, 5) is 23.9. The molecule has 0 aliphatic heterocycles. The van der Waals surface area contributed by atoms with E-state index in [0.717, 1.165) is 44.9 Å². The number of esters is 1. The van der Waals surface area contributed by atoms with Crippen molar-refractivity contribution >= 4 is 11.8 Å². The van der Waals surface area contributed by atoms with Crippen LogP contribution in [0.5, 0.6) is 0 Å². The van der Waals surface area contributed by atoms with Crippen LogP contribution in [0.1, 0.15) is 79.1 Å². The van der Waals surface area contributed by atoms with Gasteiger partial charge in [0, 0.05) is 18.8 Å². The molecule has 2 bridgehead atoms. The number of aliphatic hydroxyl groups is 1. The Hall–Kier alpha value is -0.900. The monoisotopic (exact) mass is 362 g/mol. The van der Waals surface area contributed by atoms with Gasteiger partial charge in [0.05, 0.1) is 0 Å². The van der Waals surface area contributed by atoms with Gasteiger partial charge < -0.3 is 9.84 Å². The molecule has 146 valence electrons. The maximum atomic E-state index is 12.6. The highest BCUT2D eigenvalue weighted by Gasteiger charge is 2.68. The summed E-state index contributed by atoms with van der Waals surface area (Å²) >= 11 is 0. The molecule has 4 aliphatic rings.